The zero-order chi connectivity index (χ0) is 8.10. The van der Waals surface area contributed by atoms with E-state index in [0.29, 0.717) is 12.5 Å². The smallest absolute Gasteiger partial charge is 0.219 e. The topological polar surface area (TPSA) is 41.1 Å². The molecule has 0 radical (unpaired) electrons. The van der Waals surface area contributed by atoms with Crippen molar-refractivity contribution in [2.24, 2.45) is 0 Å². The molecule has 0 unspecified atom stereocenters. The lowest BCUT2D eigenvalue weighted by Gasteiger charge is -2.23. The molecule has 1 rings (SSSR count). The predicted octanol–water partition coefficient (Wildman–Crippen LogP) is 0.511. The molecular weight excluding hydrogens is 140 g/mol. The van der Waals surface area contributed by atoms with Crippen LogP contribution in [0.1, 0.15) is 27.6 Å². The second-order valence-electron chi connectivity index (χ2n) is 2.95. The fourth-order valence-corrected chi connectivity index (χ4v) is 1.30. The first-order chi connectivity index (χ1) is 5.33. The SMILES string of the molecule is CCC(=O)NC1CCNCC1.[HH]. The molecule has 0 aliphatic carbocycles. The molecule has 3 heteroatoms. The molecule has 0 aromatic rings. The normalized spacial score (nSPS) is 19.7. The fourth-order valence-electron chi connectivity index (χ4n) is 1.30. The van der Waals surface area contributed by atoms with Crippen LogP contribution in [0.15, 0.2) is 0 Å². The van der Waals surface area contributed by atoms with Gasteiger partial charge >= 0.3 is 0 Å². The van der Waals surface area contributed by atoms with Crippen LogP contribution in [-0.2, 0) is 4.79 Å². The number of carbonyl (C=O) groups is 1. The third kappa shape index (κ3) is 2.89. The molecule has 0 bridgehead atoms. The number of carbonyl (C=O) groups excluding carboxylic acids is 1. The molecule has 1 heterocycles. The summed E-state index contributed by atoms with van der Waals surface area (Å²) in [6.07, 6.45) is 2.75. The summed E-state index contributed by atoms with van der Waals surface area (Å²) >= 11 is 0. The van der Waals surface area contributed by atoms with Crippen molar-refractivity contribution in [3.8, 4) is 0 Å². The van der Waals surface area contributed by atoms with Gasteiger partial charge in [0.1, 0.15) is 0 Å². The molecule has 66 valence electrons. The maximum absolute atomic E-state index is 10.9. The van der Waals surface area contributed by atoms with Crippen molar-refractivity contribution < 1.29 is 6.22 Å². The van der Waals surface area contributed by atoms with Crippen LogP contribution in [0.2, 0.25) is 0 Å². The molecule has 11 heavy (non-hydrogen) atoms. The van der Waals surface area contributed by atoms with Gasteiger partial charge in [-0.05, 0) is 25.9 Å². The van der Waals surface area contributed by atoms with Gasteiger partial charge in [-0.2, -0.15) is 0 Å². The Labute approximate surface area is 69.0 Å². The van der Waals surface area contributed by atoms with Gasteiger partial charge in [0.2, 0.25) is 5.91 Å². The van der Waals surface area contributed by atoms with Crippen LogP contribution in [-0.4, -0.2) is 25.0 Å². The summed E-state index contributed by atoms with van der Waals surface area (Å²) in [5.74, 6) is 0.178. The predicted molar refractivity (Wildman–Crippen MR) is 46.4 cm³/mol. The Morgan fingerprint density at radius 1 is 1.64 bits per heavy atom. The monoisotopic (exact) mass is 158 g/mol. The van der Waals surface area contributed by atoms with Crippen LogP contribution in [0.4, 0.5) is 0 Å². The van der Waals surface area contributed by atoms with Gasteiger partial charge in [-0.25, -0.2) is 0 Å². The Morgan fingerprint density at radius 3 is 2.82 bits per heavy atom. The van der Waals surface area contributed by atoms with E-state index in [4.69, 9.17) is 0 Å². The average Bonchev–Trinajstić information content (AvgIpc) is 2.06. The van der Waals surface area contributed by atoms with Crippen LogP contribution in [0.25, 0.3) is 0 Å². The number of piperidine rings is 1. The lowest BCUT2D eigenvalue weighted by Crippen LogP contribution is -2.42. The highest BCUT2D eigenvalue weighted by Gasteiger charge is 2.13. The Kier molecular flexibility index (Phi) is 3.36. The molecule has 1 saturated heterocycles. The van der Waals surface area contributed by atoms with E-state index in [-0.39, 0.29) is 7.33 Å². The Morgan fingerprint density at radius 2 is 2.27 bits per heavy atom. The third-order valence-corrected chi connectivity index (χ3v) is 2.03. The summed E-state index contributed by atoms with van der Waals surface area (Å²) in [7, 11) is 0. The summed E-state index contributed by atoms with van der Waals surface area (Å²) in [6, 6.07) is 0.420. The molecule has 1 fully saturated rings. The Balaban J connectivity index is 0.00000121. The number of hydrogen-bond acceptors (Lipinski definition) is 2. The van der Waals surface area contributed by atoms with Crippen molar-refractivity contribution >= 4 is 5.91 Å². The van der Waals surface area contributed by atoms with Crippen molar-refractivity contribution in [3.05, 3.63) is 0 Å². The maximum Gasteiger partial charge on any atom is 0.219 e. The largest absolute Gasteiger partial charge is 0.353 e. The Hall–Kier alpha value is -0.570. The highest BCUT2D eigenvalue weighted by Crippen LogP contribution is 2.01. The second-order valence-corrected chi connectivity index (χ2v) is 2.95. The number of rotatable bonds is 2. The minimum absolute atomic E-state index is 0. The van der Waals surface area contributed by atoms with E-state index >= 15 is 0 Å². The molecule has 0 aromatic heterocycles. The van der Waals surface area contributed by atoms with E-state index in [1.165, 1.54) is 0 Å². The van der Waals surface area contributed by atoms with Crippen LogP contribution >= 0.6 is 0 Å². The summed E-state index contributed by atoms with van der Waals surface area (Å²) in [6.45, 7) is 3.96. The van der Waals surface area contributed by atoms with E-state index in [0.717, 1.165) is 25.9 Å². The van der Waals surface area contributed by atoms with Crippen molar-refractivity contribution in [2.75, 3.05) is 13.1 Å². The molecule has 1 amide bonds. The van der Waals surface area contributed by atoms with Crippen molar-refractivity contribution in [3.63, 3.8) is 0 Å². The minimum Gasteiger partial charge on any atom is -0.353 e. The summed E-state index contributed by atoms with van der Waals surface area (Å²) in [4.78, 5) is 10.9. The van der Waals surface area contributed by atoms with Crippen LogP contribution < -0.4 is 10.6 Å². The fraction of sp³-hybridized carbons (Fsp3) is 0.875. The quantitative estimate of drug-likeness (QED) is 0.615. The number of nitrogens with one attached hydrogen (secondary N) is 2. The molecule has 0 atom stereocenters. The van der Waals surface area contributed by atoms with Gasteiger partial charge in [0, 0.05) is 13.9 Å². The van der Waals surface area contributed by atoms with Crippen LogP contribution in [0.3, 0.4) is 0 Å². The first-order valence-corrected chi connectivity index (χ1v) is 4.33. The zero-order valence-corrected chi connectivity index (χ0v) is 7.02. The van der Waals surface area contributed by atoms with Gasteiger partial charge in [-0.15, -0.1) is 0 Å². The van der Waals surface area contributed by atoms with Gasteiger partial charge in [-0.1, -0.05) is 6.92 Å². The molecule has 1 aliphatic rings. The van der Waals surface area contributed by atoms with Crippen LogP contribution in [0.5, 0.6) is 0 Å². The van der Waals surface area contributed by atoms with Gasteiger partial charge < -0.3 is 10.6 Å². The van der Waals surface area contributed by atoms with E-state index in [9.17, 15) is 4.79 Å². The summed E-state index contributed by atoms with van der Waals surface area (Å²) in [5, 5.41) is 6.24. The highest BCUT2D eigenvalue weighted by atomic mass is 16.1. The van der Waals surface area contributed by atoms with Gasteiger partial charge in [0.15, 0.2) is 0 Å². The molecule has 1 aliphatic heterocycles. The first kappa shape index (κ1) is 8.53. The van der Waals surface area contributed by atoms with Gasteiger partial charge in [0.25, 0.3) is 0 Å². The Bertz CT molecular complexity index is 135. The highest BCUT2D eigenvalue weighted by molar-refractivity contribution is 5.75. The number of hydrogen-bond donors (Lipinski definition) is 2. The molecule has 3 nitrogen and oxygen atoms in total. The standard InChI is InChI=1S/C8H16N2O.H2/c1-2-8(11)10-7-3-5-9-6-4-7;/h7,9H,2-6H2,1H3,(H,10,11);1H. The molecule has 0 aromatic carbocycles. The van der Waals surface area contributed by atoms with E-state index in [1.807, 2.05) is 6.92 Å². The second kappa shape index (κ2) is 4.34. The van der Waals surface area contributed by atoms with E-state index in [1.54, 1.807) is 0 Å². The summed E-state index contributed by atoms with van der Waals surface area (Å²) in [5.41, 5.74) is 0. The van der Waals surface area contributed by atoms with Gasteiger partial charge in [-0.3, -0.25) is 4.79 Å². The molecular formula is C8H18N2O. The van der Waals surface area contributed by atoms with Crippen LogP contribution in [0, 0.1) is 0 Å². The number of amides is 1. The van der Waals surface area contributed by atoms with Gasteiger partial charge in [0.05, 0.1) is 0 Å². The minimum atomic E-state index is 0. The molecule has 0 spiro atoms. The zero-order valence-electron chi connectivity index (χ0n) is 7.02. The maximum atomic E-state index is 10.9. The van der Waals surface area contributed by atoms with Crippen molar-refractivity contribution in [1.82, 2.24) is 10.6 Å². The first-order valence-electron chi connectivity index (χ1n) is 4.33. The molecule has 2 N–H and O–H groups in total. The van der Waals surface area contributed by atoms with E-state index in [2.05, 4.69) is 10.6 Å². The lowest BCUT2D eigenvalue weighted by molar-refractivity contribution is -0.121. The summed E-state index contributed by atoms with van der Waals surface area (Å²) < 4.78 is 0. The average molecular weight is 158 g/mol. The molecule has 0 saturated carbocycles. The third-order valence-electron chi connectivity index (χ3n) is 2.03. The van der Waals surface area contributed by atoms with Crippen molar-refractivity contribution in [1.29, 1.82) is 0 Å². The lowest BCUT2D eigenvalue weighted by atomic mass is 10.1. The van der Waals surface area contributed by atoms with E-state index < -0.39 is 0 Å². The van der Waals surface area contributed by atoms with Crippen molar-refractivity contribution in [2.45, 2.75) is 32.2 Å².